The average molecular weight is 209 g/mol. The SMILES string of the molecule is CCCCc1ccc(F)cc1[O+]=CC=O. The minimum Gasteiger partial charge on any atom is -0.289 e. The zero-order valence-electron chi connectivity index (χ0n) is 8.70. The molecule has 0 radical (unpaired) electrons. The second kappa shape index (κ2) is 6.06. The van der Waals surface area contributed by atoms with Crippen LogP contribution in [0.5, 0.6) is 5.75 Å². The Bertz CT molecular complexity index is 359. The van der Waals surface area contributed by atoms with E-state index in [1.54, 1.807) is 6.07 Å². The summed E-state index contributed by atoms with van der Waals surface area (Å²) >= 11 is 0. The van der Waals surface area contributed by atoms with Gasteiger partial charge in [0.1, 0.15) is 5.82 Å². The molecule has 0 saturated carbocycles. The lowest BCUT2D eigenvalue weighted by molar-refractivity contribution is -0.360. The van der Waals surface area contributed by atoms with Crippen LogP contribution in [0.2, 0.25) is 0 Å². The van der Waals surface area contributed by atoms with Gasteiger partial charge in [-0.25, -0.2) is 8.82 Å². The van der Waals surface area contributed by atoms with E-state index in [4.69, 9.17) is 4.42 Å². The minimum atomic E-state index is -0.357. The van der Waals surface area contributed by atoms with Crippen LogP contribution in [0.1, 0.15) is 25.3 Å². The third kappa shape index (κ3) is 3.62. The van der Waals surface area contributed by atoms with Gasteiger partial charge in [-0.05, 0) is 25.0 Å². The molecule has 2 nitrogen and oxygen atoms in total. The molecular weight excluding hydrogens is 195 g/mol. The van der Waals surface area contributed by atoms with E-state index in [0.717, 1.165) is 31.1 Å². The molecule has 0 bridgehead atoms. The molecule has 0 aliphatic rings. The molecule has 80 valence electrons. The fraction of sp³-hybridized carbons (Fsp3) is 0.333. The molecule has 0 aliphatic heterocycles. The third-order valence-electron chi connectivity index (χ3n) is 2.08. The second-order valence-corrected chi connectivity index (χ2v) is 3.25. The quantitative estimate of drug-likeness (QED) is 0.416. The molecule has 0 aromatic heterocycles. The van der Waals surface area contributed by atoms with E-state index in [-0.39, 0.29) is 5.82 Å². The fourth-order valence-electron chi connectivity index (χ4n) is 1.31. The Kier molecular flexibility index (Phi) is 4.68. The van der Waals surface area contributed by atoms with Gasteiger partial charge in [0.25, 0.3) is 0 Å². The van der Waals surface area contributed by atoms with E-state index < -0.39 is 0 Å². The van der Waals surface area contributed by atoms with Crippen LogP contribution >= 0.6 is 0 Å². The van der Waals surface area contributed by atoms with Crippen molar-refractivity contribution in [2.24, 2.45) is 0 Å². The maximum atomic E-state index is 12.9. The monoisotopic (exact) mass is 209 g/mol. The first-order valence-electron chi connectivity index (χ1n) is 5.00. The number of aldehydes is 2. The molecule has 0 heterocycles. The van der Waals surface area contributed by atoms with Crippen LogP contribution in [-0.4, -0.2) is 12.6 Å². The van der Waals surface area contributed by atoms with Crippen LogP contribution in [-0.2, 0) is 15.6 Å². The van der Waals surface area contributed by atoms with Crippen molar-refractivity contribution in [3.05, 3.63) is 29.6 Å². The molecule has 1 rings (SSSR count). The van der Waals surface area contributed by atoms with Gasteiger partial charge in [-0.1, -0.05) is 13.3 Å². The largest absolute Gasteiger partial charge is 0.358 e. The summed E-state index contributed by atoms with van der Waals surface area (Å²) in [5.74, 6) is 0.0695. The fourth-order valence-corrected chi connectivity index (χ4v) is 1.31. The van der Waals surface area contributed by atoms with E-state index in [1.807, 2.05) is 0 Å². The standard InChI is InChI=1S/C12H14FO2/c1-2-3-4-10-5-6-11(13)9-12(10)15-8-7-14/h5-9H,2-4H2,1H3/q+1. The topological polar surface area (TPSA) is 28.4 Å². The van der Waals surface area contributed by atoms with E-state index in [2.05, 4.69) is 6.92 Å². The lowest BCUT2D eigenvalue weighted by Crippen LogP contribution is -1.89. The van der Waals surface area contributed by atoms with Crippen molar-refractivity contribution in [2.45, 2.75) is 26.2 Å². The molecule has 0 aliphatic carbocycles. The van der Waals surface area contributed by atoms with Crippen LogP contribution in [0, 0.1) is 5.82 Å². The lowest BCUT2D eigenvalue weighted by atomic mass is 10.1. The molecule has 0 N–H and O–H groups in total. The molecule has 15 heavy (non-hydrogen) atoms. The summed E-state index contributed by atoms with van der Waals surface area (Å²) in [5.41, 5.74) is 0.927. The van der Waals surface area contributed by atoms with Crippen molar-refractivity contribution in [1.82, 2.24) is 0 Å². The van der Waals surface area contributed by atoms with Crippen molar-refractivity contribution < 1.29 is 13.6 Å². The molecule has 0 unspecified atom stereocenters. The first-order valence-corrected chi connectivity index (χ1v) is 5.00. The Balaban J connectivity index is 2.91. The number of carbonyl (C=O) groups excluding carboxylic acids is 2. The van der Waals surface area contributed by atoms with Gasteiger partial charge < -0.3 is 0 Å². The number of unbranched alkanes of at least 4 members (excludes halogenated alkanes) is 1. The molecule has 0 fully saturated rings. The van der Waals surface area contributed by atoms with Crippen molar-refractivity contribution in [1.29, 1.82) is 0 Å². The maximum absolute atomic E-state index is 12.9. The van der Waals surface area contributed by atoms with Crippen LogP contribution in [0.25, 0.3) is 0 Å². The van der Waals surface area contributed by atoms with Gasteiger partial charge in [-0.15, -0.1) is 0 Å². The summed E-state index contributed by atoms with van der Waals surface area (Å²) < 4.78 is 17.9. The van der Waals surface area contributed by atoms with Crippen molar-refractivity contribution in [3.8, 4) is 5.75 Å². The number of rotatable bonds is 5. The number of hydrogen-bond acceptors (Lipinski definition) is 1. The third-order valence-corrected chi connectivity index (χ3v) is 2.08. The van der Waals surface area contributed by atoms with Gasteiger partial charge in [-0.2, -0.15) is 0 Å². The second-order valence-electron chi connectivity index (χ2n) is 3.25. The van der Waals surface area contributed by atoms with E-state index in [9.17, 15) is 9.18 Å². The summed E-state index contributed by atoms with van der Waals surface area (Å²) in [6.45, 7) is 2.08. The van der Waals surface area contributed by atoms with Crippen LogP contribution in [0.4, 0.5) is 4.39 Å². The highest BCUT2D eigenvalue weighted by molar-refractivity contribution is 6.09. The minimum absolute atomic E-state index is 0.357. The highest BCUT2D eigenvalue weighted by Gasteiger charge is 2.12. The number of aryl methyl sites for hydroxylation is 1. The van der Waals surface area contributed by atoms with E-state index in [1.165, 1.54) is 12.1 Å². The summed E-state index contributed by atoms with van der Waals surface area (Å²) in [4.78, 5) is 10.1. The van der Waals surface area contributed by atoms with Crippen LogP contribution in [0.3, 0.4) is 0 Å². The Morgan fingerprint density at radius 1 is 1.47 bits per heavy atom. The summed E-state index contributed by atoms with van der Waals surface area (Å²) in [5, 5.41) is 0. The number of hydrogen-bond donors (Lipinski definition) is 0. The molecule has 0 spiro atoms. The molecule has 3 heteroatoms. The van der Waals surface area contributed by atoms with Crippen molar-refractivity contribution in [2.75, 3.05) is 0 Å². The molecule has 1 aromatic carbocycles. The van der Waals surface area contributed by atoms with Crippen LogP contribution < -0.4 is 0 Å². The van der Waals surface area contributed by atoms with Gasteiger partial charge in [0.05, 0.1) is 11.6 Å². The Hall–Kier alpha value is -1.51. The normalized spacial score (nSPS) is 10.8. The predicted octanol–water partition coefficient (Wildman–Crippen LogP) is 2.82. The first-order chi connectivity index (χ1) is 7.27. The summed E-state index contributed by atoms with van der Waals surface area (Å²) in [7, 11) is 0. The Labute approximate surface area is 88.4 Å². The summed E-state index contributed by atoms with van der Waals surface area (Å²) in [6, 6.07) is 4.39. The highest BCUT2D eigenvalue weighted by atomic mass is 19.1. The average Bonchev–Trinajstić information content (AvgIpc) is 2.25. The van der Waals surface area contributed by atoms with Gasteiger partial charge in [-0.3, -0.25) is 4.79 Å². The summed E-state index contributed by atoms with van der Waals surface area (Å²) in [6.07, 6.45) is 4.47. The highest BCUT2D eigenvalue weighted by Crippen LogP contribution is 2.21. The van der Waals surface area contributed by atoms with E-state index >= 15 is 0 Å². The molecular formula is C12H14FO2+. The Morgan fingerprint density at radius 3 is 2.93 bits per heavy atom. The molecule has 1 aromatic rings. The zero-order valence-corrected chi connectivity index (χ0v) is 8.70. The smallest absolute Gasteiger partial charge is 0.289 e. The number of carbonyl (C=O) groups is 1. The molecule has 0 saturated heterocycles. The van der Waals surface area contributed by atoms with Gasteiger partial charge in [0, 0.05) is 0 Å². The zero-order chi connectivity index (χ0) is 11.1. The Morgan fingerprint density at radius 2 is 2.27 bits per heavy atom. The number of benzene rings is 1. The predicted molar refractivity (Wildman–Crippen MR) is 56.6 cm³/mol. The van der Waals surface area contributed by atoms with Crippen molar-refractivity contribution >= 4 is 12.6 Å². The van der Waals surface area contributed by atoms with E-state index in [0.29, 0.717) is 12.0 Å². The van der Waals surface area contributed by atoms with Crippen molar-refractivity contribution in [3.63, 3.8) is 0 Å². The molecule has 0 amide bonds. The molecule has 0 atom stereocenters. The lowest BCUT2D eigenvalue weighted by Gasteiger charge is -1.97. The van der Waals surface area contributed by atoms with Gasteiger partial charge >= 0.3 is 12.0 Å². The van der Waals surface area contributed by atoms with Gasteiger partial charge in [0.15, 0.2) is 0 Å². The first kappa shape index (κ1) is 11.6. The maximum Gasteiger partial charge on any atom is 0.358 e. The number of halogens is 1. The van der Waals surface area contributed by atoms with Gasteiger partial charge in [0.2, 0.25) is 6.29 Å². The van der Waals surface area contributed by atoms with Crippen LogP contribution in [0.15, 0.2) is 18.2 Å².